The zero-order valence-electron chi connectivity index (χ0n) is 5.05. The van der Waals surface area contributed by atoms with Gasteiger partial charge in [-0.1, -0.05) is 24.4 Å². The summed E-state index contributed by atoms with van der Waals surface area (Å²) >= 11 is 9.49. The molecule has 10 heavy (non-hydrogen) atoms. The predicted octanol–water partition coefficient (Wildman–Crippen LogP) is 0.658. The van der Waals surface area contributed by atoms with E-state index >= 15 is 0 Å². The van der Waals surface area contributed by atoms with Crippen LogP contribution in [0.4, 0.5) is 0 Å². The van der Waals surface area contributed by atoms with Crippen LogP contribution in [0.2, 0.25) is 0 Å². The molecule has 0 bridgehead atoms. The number of Topliss-reactive ketones (excluding diaryl/α,β-unsaturated/α-hetero) is 2. The highest BCUT2D eigenvalue weighted by Crippen LogP contribution is 2.07. The summed E-state index contributed by atoms with van der Waals surface area (Å²) in [5.74, 6) is -0.808. The standard InChI is InChI=1S/C6H4O2S2/c7-3-1-5(9)6(10)2-4(3)8/h1-2H2. The van der Waals surface area contributed by atoms with E-state index in [2.05, 4.69) is 0 Å². The van der Waals surface area contributed by atoms with E-state index in [1.165, 1.54) is 0 Å². The minimum absolute atomic E-state index is 0.0486. The van der Waals surface area contributed by atoms with E-state index in [1.807, 2.05) is 0 Å². The van der Waals surface area contributed by atoms with Gasteiger partial charge >= 0.3 is 0 Å². The van der Waals surface area contributed by atoms with Crippen molar-refractivity contribution in [1.82, 2.24) is 0 Å². The Kier molecular flexibility index (Phi) is 2.01. The zero-order valence-corrected chi connectivity index (χ0v) is 6.68. The van der Waals surface area contributed by atoms with E-state index in [1.54, 1.807) is 0 Å². The summed E-state index contributed by atoms with van der Waals surface area (Å²) < 4.78 is 0. The normalized spacial score (nSPS) is 20.0. The monoisotopic (exact) mass is 172 g/mol. The van der Waals surface area contributed by atoms with E-state index in [9.17, 15) is 9.59 Å². The molecule has 4 heteroatoms. The van der Waals surface area contributed by atoms with Crippen LogP contribution >= 0.6 is 24.4 Å². The number of carbonyl (C=O) groups is 2. The number of carbonyl (C=O) groups excluding carboxylic acids is 2. The quantitative estimate of drug-likeness (QED) is 0.397. The first-order chi connectivity index (χ1) is 4.61. The molecule has 0 spiro atoms. The average Bonchev–Trinajstić information content (AvgIpc) is 1.84. The third-order valence-corrected chi connectivity index (χ3v) is 2.17. The minimum Gasteiger partial charge on any atom is -0.290 e. The summed E-state index contributed by atoms with van der Waals surface area (Å²) in [7, 11) is 0. The Morgan fingerprint density at radius 3 is 1.50 bits per heavy atom. The third kappa shape index (κ3) is 1.33. The summed E-state index contributed by atoms with van der Waals surface area (Å²) in [4.78, 5) is 22.2. The van der Waals surface area contributed by atoms with Crippen molar-refractivity contribution in [2.75, 3.05) is 0 Å². The summed E-state index contributed by atoms with van der Waals surface area (Å²) in [6.07, 6.45) is 0.0972. The molecule has 0 aromatic rings. The molecule has 0 heterocycles. The van der Waals surface area contributed by atoms with Crippen LogP contribution in [0.15, 0.2) is 0 Å². The Morgan fingerprint density at radius 1 is 0.900 bits per heavy atom. The van der Waals surface area contributed by atoms with Gasteiger partial charge in [0.05, 0.1) is 12.8 Å². The molecule has 0 saturated heterocycles. The topological polar surface area (TPSA) is 34.1 Å². The molecule has 0 amide bonds. The number of thiocarbonyl (C=S) groups is 2. The van der Waals surface area contributed by atoms with Crippen molar-refractivity contribution in [2.45, 2.75) is 12.8 Å². The third-order valence-electron chi connectivity index (χ3n) is 1.26. The molecule has 1 rings (SSSR count). The molecule has 2 nitrogen and oxygen atoms in total. The molecule has 52 valence electrons. The molecule has 0 N–H and O–H groups in total. The second-order valence-electron chi connectivity index (χ2n) is 2.05. The Morgan fingerprint density at radius 2 is 1.20 bits per heavy atom. The highest BCUT2D eigenvalue weighted by molar-refractivity contribution is 7.89. The lowest BCUT2D eigenvalue weighted by Crippen LogP contribution is -2.30. The first kappa shape index (κ1) is 7.63. The van der Waals surface area contributed by atoms with Gasteiger partial charge in [0.15, 0.2) is 0 Å². The molecule has 1 aliphatic carbocycles. The lowest BCUT2D eigenvalue weighted by atomic mass is 9.98. The van der Waals surface area contributed by atoms with E-state index in [0.717, 1.165) is 0 Å². The van der Waals surface area contributed by atoms with Gasteiger partial charge in [0.2, 0.25) is 11.6 Å². The van der Waals surface area contributed by atoms with E-state index in [4.69, 9.17) is 24.4 Å². The second-order valence-corrected chi connectivity index (χ2v) is 3.03. The van der Waals surface area contributed by atoms with Crippen LogP contribution in [-0.4, -0.2) is 21.3 Å². The van der Waals surface area contributed by atoms with Gasteiger partial charge in [-0.2, -0.15) is 0 Å². The van der Waals surface area contributed by atoms with Crippen LogP contribution in [0.25, 0.3) is 0 Å². The number of ketones is 2. The molecule has 0 aromatic carbocycles. The number of rotatable bonds is 0. The molecular weight excluding hydrogens is 168 g/mol. The fourth-order valence-electron chi connectivity index (χ4n) is 0.686. The van der Waals surface area contributed by atoms with Crippen molar-refractivity contribution in [3.05, 3.63) is 0 Å². The fourth-order valence-corrected chi connectivity index (χ4v) is 1.09. The second kappa shape index (κ2) is 2.64. The molecule has 1 fully saturated rings. The predicted molar refractivity (Wildman–Crippen MR) is 44.4 cm³/mol. The van der Waals surface area contributed by atoms with Crippen molar-refractivity contribution in [3.63, 3.8) is 0 Å². The fraction of sp³-hybridized carbons (Fsp3) is 0.333. The van der Waals surface area contributed by atoms with Crippen LogP contribution in [0.3, 0.4) is 0 Å². The highest BCUT2D eigenvalue weighted by Gasteiger charge is 2.25. The van der Waals surface area contributed by atoms with Gasteiger partial charge in [-0.15, -0.1) is 0 Å². The number of hydrogen-bond acceptors (Lipinski definition) is 4. The van der Waals surface area contributed by atoms with E-state index in [0.29, 0.717) is 9.73 Å². The van der Waals surface area contributed by atoms with Gasteiger partial charge in [-0.05, 0) is 0 Å². The first-order valence-corrected chi connectivity index (χ1v) is 3.55. The molecular formula is C6H4O2S2. The van der Waals surface area contributed by atoms with Gasteiger partial charge in [-0.25, -0.2) is 0 Å². The molecule has 0 aliphatic heterocycles. The molecule has 0 unspecified atom stereocenters. The van der Waals surface area contributed by atoms with Crippen LogP contribution < -0.4 is 0 Å². The molecule has 0 radical (unpaired) electrons. The Balaban J connectivity index is 2.82. The summed E-state index contributed by atoms with van der Waals surface area (Å²) in [5, 5.41) is 0. The highest BCUT2D eigenvalue weighted by atomic mass is 32.1. The SMILES string of the molecule is O=C1CC(=S)C(=S)CC1=O. The molecule has 0 aromatic heterocycles. The van der Waals surface area contributed by atoms with Crippen molar-refractivity contribution >= 4 is 45.7 Å². The maximum atomic E-state index is 10.7. The zero-order chi connectivity index (χ0) is 7.72. The lowest BCUT2D eigenvalue weighted by molar-refractivity contribution is -0.135. The summed E-state index contributed by atoms with van der Waals surface area (Å²) in [6, 6.07) is 0. The van der Waals surface area contributed by atoms with Crippen LogP contribution in [0, 0.1) is 0 Å². The van der Waals surface area contributed by atoms with Crippen LogP contribution in [0.5, 0.6) is 0 Å². The maximum absolute atomic E-state index is 10.7. The van der Waals surface area contributed by atoms with Gasteiger partial charge < -0.3 is 0 Å². The molecule has 1 aliphatic rings. The van der Waals surface area contributed by atoms with Gasteiger partial charge in [0.1, 0.15) is 0 Å². The van der Waals surface area contributed by atoms with Crippen molar-refractivity contribution < 1.29 is 9.59 Å². The number of hydrogen-bond donors (Lipinski definition) is 0. The van der Waals surface area contributed by atoms with Gasteiger partial charge in [-0.3, -0.25) is 9.59 Å². The van der Waals surface area contributed by atoms with Crippen LogP contribution in [0.1, 0.15) is 12.8 Å². The maximum Gasteiger partial charge on any atom is 0.204 e. The van der Waals surface area contributed by atoms with E-state index < -0.39 is 11.6 Å². The first-order valence-electron chi connectivity index (χ1n) is 2.73. The Bertz CT molecular complexity index is 192. The Labute approximate surface area is 68.6 Å². The summed E-state index contributed by atoms with van der Waals surface area (Å²) in [5.41, 5.74) is 0. The summed E-state index contributed by atoms with van der Waals surface area (Å²) in [6.45, 7) is 0. The van der Waals surface area contributed by atoms with Crippen molar-refractivity contribution in [2.24, 2.45) is 0 Å². The van der Waals surface area contributed by atoms with Gasteiger partial charge in [0, 0.05) is 9.73 Å². The van der Waals surface area contributed by atoms with Crippen molar-refractivity contribution in [3.8, 4) is 0 Å². The van der Waals surface area contributed by atoms with Crippen molar-refractivity contribution in [1.29, 1.82) is 0 Å². The molecule has 0 atom stereocenters. The average molecular weight is 172 g/mol. The van der Waals surface area contributed by atoms with Crippen LogP contribution in [-0.2, 0) is 9.59 Å². The minimum atomic E-state index is -0.404. The Hall–Kier alpha value is -0.480. The largest absolute Gasteiger partial charge is 0.290 e. The van der Waals surface area contributed by atoms with Gasteiger partial charge in [0.25, 0.3) is 0 Å². The van der Waals surface area contributed by atoms with E-state index in [-0.39, 0.29) is 12.8 Å². The molecule has 1 saturated carbocycles. The smallest absolute Gasteiger partial charge is 0.204 e. The lowest BCUT2D eigenvalue weighted by Gasteiger charge is -2.08.